The van der Waals surface area contributed by atoms with E-state index in [1.165, 1.54) is 43.4 Å². The summed E-state index contributed by atoms with van der Waals surface area (Å²) in [4.78, 5) is 2.82. The molecule has 4 fully saturated rings. The van der Waals surface area contributed by atoms with Crippen molar-refractivity contribution in [3.63, 3.8) is 0 Å². The monoisotopic (exact) mass is 370 g/mol. The molecule has 7 atom stereocenters. The second-order valence-corrected chi connectivity index (χ2v) is 9.68. The van der Waals surface area contributed by atoms with Crippen molar-refractivity contribution in [1.82, 2.24) is 0 Å². The van der Waals surface area contributed by atoms with E-state index in [1.54, 1.807) is 16.8 Å². The number of quaternary nitrogens is 1. The molecular weight excluding hydrogens is 344 g/mol. The highest BCUT2D eigenvalue weighted by Crippen LogP contribution is 2.66. The fraction of sp³-hybridized carbons (Fsp3) is 0.636. The lowest BCUT2D eigenvalue weighted by molar-refractivity contribution is -0.925. The number of anilines is 1. The van der Waals surface area contributed by atoms with Crippen molar-refractivity contribution in [2.45, 2.75) is 42.9 Å². The Morgan fingerprint density at radius 3 is 3.08 bits per heavy atom. The number of hydrogen-bond acceptors (Lipinski definition) is 2. The number of nitrogens with zero attached hydrogens (tertiary/aromatic N) is 2. The predicted molar refractivity (Wildman–Crippen MR) is 97.6 cm³/mol. The number of likely N-dealkylation sites (N-methyl/N-ethyl adjacent to an activating group) is 1. The van der Waals surface area contributed by atoms with Crippen LogP contribution in [-0.4, -0.2) is 56.0 Å². The molecule has 2 unspecified atom stereocenters. The van der Waals surface area contributed by atoms with Crippen LogP contribution in [0.2, 0.25) is 0 Å². The number of rotatable bonds is 0. The maximum absolute atomic E-state index is 6.44. The number of halogens is 1. The van der Waals surface area contributed by atoms with Gasteiger partial charge in [0.25, 0.3) is 0 Å². The Bertz CT molecular complexity index is 824. The van der Waals surface area contributed by atoms with Gasteiger partial charge in [-0.25, -0.2) is 0 Å². The summed E-state index contributed by atoms with van der Waals surface area (Å²) in [7, 11) is 2.55. The first-order valence-electron chi connectivity index (χ1n) is 10.2. The van der Waals surface area contributed by atoms with Gasteiger partial charge in [-0.05, 0) is 29.5 Å². The number of fused-ring (bicyclic) bond motifs is 2. The second kappa shape index (κ2) is 4.87. The van der Waals surface area contributed by atoms with Gasteiger partial charge in [0.2, 0.25) is 0 Å². The maximum Gasteiger partial charge on any atom is 0.102 e. The van der Waals surface area contributed by atoms with Crippen molar-refractivity contribution in [1.29, 1.82) is 0 Å². The van der Waals surface area contributed by atoms with Gasteiger partial charge in [-0.1, -0.05) is 24.3 Å². The summed E-state index contributed by atoms with van der Waals surface area (Å²) in [6.45, 7) is 4.66. The molecule has 0 aromatic heterocycles. The normalized spacial score (nSPS) is 49.0. The smallest absolute Gasteiger partial charge is 0.102 e. The molecule has 2 bridgehead atoms. The Hall–Kier alpha value is -1.03. The minimum atomic E-state index is 0. The van der Waals surface area contributed by atoms with Crippen molar-refractivity contribution in [2.75, 3.05) is 38.2 Å². The minimum Gasteiger partial charge on any atom is -1.00 e. The quantitative estimate of drug-likeness (QED) is 0.460. The van der Waals surface area contributed by atoms with E-state index >= 15 is 0 Å². The van der Waals surface area contributed by atoms with E-state index in [0.29, 0.717) is 23.5 Å². The first-order chi connectivity index (χ1) is 12.2. The van der Waals surface area contributed by atoms with Crippen molar-refractivity contribution in [3.8, 4) is 0 Å². The van der Waals surface area contributed by atoms with Gasteiger partial charge in [0.1, 0.15) is 12.6 Å². The molecular formula is C22H27ClN2O. The summed E-state index contributed by atoms with van der Waals surface area (Å²) < 4.78 is 7.72. The van der Waals surface area contributed by atoms with Crippen LogP contribution in [0.25, 0.3) is 0 Å². The van der Waals surface area contributed by atoms with Crippen molar-refractivity contribution in [3.05, 3.63) is 41.5 Å². The van der Waals surface area contributed by atoms with Gasteiger partial charge in [-0.3, -0.25) is 0 Å². The molecule has 4 heteroatoms. The van der Waals surface area contributed by atoms with Crippen LogP contribution in [0, 0.1) is 11.8 Å². The molecule has 0 N–H and O–H groups in total. The standard InChI is InChI=1S/C22H27N2O.ClH/c1-24-10-8-22-16-4-2-3-5-17(16)23-9-6-18-20(21(22)23)15(12-19(22)24)14(13-24)7-11-25-18;/h2-5,7,15,18-21H,6,8-13H2,1H3;1H/q+1;/p-1/t15-,18-,19-,20-,21-,22?,24?;/m0./s1. The molecule has 5 heterocycles. The van der Waals surface area contributed by atoms with E-state index in [0.717, 1.165) is 18.6 Å². The Morgan fingerprint density at radius 2 is 2.15 bits per heavy atom. The molecule has 0 amide bonds. The average molecular weight is 371 g/mol. The van der Waals surface area contributed by atoms with E-state index in [9.17, 15) is 0 Å². The van der Waals surface area contributed by atoms with Gasteiger partial charge in [0, 0.05) is 31.0 Å². The summed E-state index contributed by atoms with van der Waals surface area (Å²) in [6.07, 6.45) is 6.92. The first-order valence-corrected chi connectivity index (χ1v) is 10.2. The molecule has 6 aliphatic rings. The molecule has 1 aliphatic carbocycles. The topological polar surface area (TPSA) is 12.5 Å². The number of piperidine rings is 2. The molecule has 3 saturated heterocycles. The van der Waals surface area contributed by atoms with E-state index in [2.05, 4.69) is 42.3 Å². The van der Waals surface area contributed by atoms with Crippen LogP contribution in [-0.2, 0) is 10.2 Å². The zero-order chi connectivity index (χ0) is 16.4. The van der Waals surface area contributed by atoms with Crippen LogP contribution >= 0.6 is 0 Å². The molecule has 7 rings (SSSR count). The van der Waals surface area contributed by atoms with Gasteiger partial charge < -0.3 is 26.5 Å². The number of ether oxygens (including phenoxy) is 1. The third-order valence-corrected chi connectivity index (χ3v) is 9.03. The van der Waals surface area contributed by atoms with Gasteiger partial charge >= 0.3 is 0 Å². The third-order valence-electron chi connectivity index (χ3n) is 9.03. The number of hydrogen-bond donors (Lipinski definition) is 0. The van der Waals surface area contributed by atoms with Crippen LogP contribution in [0.5, 0.6) is 0 Å². The van der Waals surface area contributed by atoms with Crippen molar-refractivity contribution in [2.24, 2.45) is 11.8 Å². The van der Waals surface area contributed by atoms with Crippen molar-refractivity contribution >= 4 is 5.69 Å². The largest absolute Gasteiger partial charge is 1.00 e. The highest BCUT2D eigenvalue weighted by Gasteiger charge is 2.74. The fourth-order valence-electron chi connectivity index (χ4n) is 8.31. The Balaban J connectivity index is 0.00000137. The SMILES string of the molecule is C[N+]12CCC34c5ccccc5N5CC[C@@H]6OCC=C(C1)[C@H](C[C@@H]32)[C@@H]6[C@H]54.[Cl-]. The number of para-hydroxylation sites is 1. The van der Waals surface area contributed by atoms with E-state index in [4.69, 9.17) is 4.74 Å². The lowest BCUT2D eigenvalue weighted by Gasteiger charge is -2.60. The van der Waals surface area contributed by atoms with Crippen LogP contribution < -0.4 is 17.3 Å². The highest BCUT2D eigenvalue weighted by atomic mass is 35.5. The third kappa shape index (κ3) is 1.54. The first kappa shape index (κ1) is 16.0. The Labute approximate surface area is 162 Å². The minimum absolute atomic E-state index is 0. The van der Waals surface area contributed by atoms with Crippen LogP contribution in [0.4, 0.5) is 5.69 Å². The molecule has 138 valence electrons. The average Bonchev–Trinajstić information content (AvgIpc) is 3.04. The summed E-state index contributed by atoms with van der Waals surface area (Å²) in [5.41, 5.74) is 5.36. The molecule has 1 aromatic rings. The second-order valence-electron chi connectivity index (χ2n) is 9.68. The van der Waals surface area contributed by atoms with Crippen LogP contribution in [0.15, 0.2) is 35.9 Å². The zero-order valence-electron chi connectivity index (χ0n) is 15.4. The fourth-order valence-corrected chi connectivity index (χ4v) is 8.31. The lowest BCUT2D eigenvalue weighted by atomic mass is 9.53. The molecule has 1 spiro atoms. The van der Waals surface area contributed by atoms with Crippen molar-refractivity contribution < 1.29 is 21.6 Å². The van der Waals surface area contributed by atoms with Gasteiger partial charge in [-0.2, -0.15) is 0 Å². The summed E-state index contributed by atoms with van der Waals surface area (Å²) >= 11 is 0. The number of benzene rings is 1. The molecule has 3 nitrogen and oxygen atoms in total. The maximum atomic E-state index is 6.44. The zero-order valence-corrected chi connectivity index (χ0v) is 16.2. The Kier molecular flexibility index (Phi) is 2.99. The summed E-state index contributed by atoms with van der Waals surface area (Å²) in [5.74, 6) is 1.48. The molecule has 5 aliphatic heterocycles. The van der Waals surface area contributed by atoms with E-state index in [1.807, 2.05) is 0 Å². The molecule has 1 aromatic carbocycles. The lowest BCUT2D eigenvalue weighted by Crippen LogP contribution is -3.00. The molecule has 1 saturated carbocycles. The van der Waals surface area contributed by atoms with Crippen LogP contribution in [0.3, 0.4) is 0 Å². The van der Waals surface area contributed by atoms with Gasteiger partial charge in [0.15, 0.2) is 0 Å². The van der Waals surface area contributed by atoms with Crippen LogP contribution in [0.1, 0.15) is 24.8 Å². The predicted octanol–water partition coefficient (Wildman–Crippen LogP) is -0.285. The summed E-state index contributed by atoms with van der Waals surface area (Å²) in [5, 5.41) is 0. The highest BCUT2D eigenvalue weighted by molar-refractivity contribution is 5.67. The molecule has 0 radical (unpaired) electrons. The Morgan fingerprint density at radius 1 is 1.27 bits per heavy atom. The van der Waals surface area contributed by atoms with Gasteiger partial charge in [-0.15, -0.1) is 0 Å². The van der Waals surface area contributed by atoms with Gasteiger partial charge in [0.05, 0.1) is 37.8 Å². The van der Waals surface area contributed by atoms with E-state index < -0.39 is 0 Å². The summed E-state index contributed by atoms with van der Waals surface area (Å²) in [6, 6.07) is 10.9. The van der Waals surface area contributed by atoms with E-state index in [-0.39, 0.29) is 12.4 Å². The molecule has 26 heavy (non-hydrogen) atoms.